The van der Waals surface area contributed by atoms with Gasteiger partial charge >= 0.3 is 0 Å². The highest BCUT2D eigenvalue weighted by Crippen LogP contribution is 2.40. The van der Waals surface area contributed by atoms with Gasteiger partial charge in [-0.1, -0.05) is 208 Å². The minimum absolute atomic E-state index is 0.00334. The Hall–Kier alpha value is -13.6. The van der Waals surface area contributed by atoms with E-state index in [4.69, 9.17) is 44.2 Å². The Kier molecular flexibility index (Phi) is 41.3. The van der Waals surface area contributed by atoms with E-state index in [1.165, 1.54) is 58.4 Å². The lowest BCUT2D eigenvalue weighted by Gasteiger charge is -2.44. The van der Waals surface area contributed by atoms with Crippen molar-refractivity contribution in [2.45, 2.75) is 30.7 Å². The van der Waals surface area contributed by atoms with Crippen LogP contribution >= 0.6 is 48.9 Å². The van der Waals surface area contributed by atoms with E-state index in [1.807, 2.05) is 103 Å². The Morgan fingerprint density at radius 2 is 0.831 bits per heavy atom. The number of para-hydroxylation sites is 4. The summed E-state index contributed by atoms with van der Waals surface area (Å²) in [6.45, 7) is 24.4. The lowest BCUT2D eigenvalue weighted by Crippen LogP contribution is -2.55. The van der Waals surface area contributed by atoms with Gasteiger partial charge in [0, 0.05) is 81.2 Å². The lowest BCUT2D eigenvalue weighted by molar-refractivity contribution is 0.0696. The summed E-state index contributed by atoms with van der Waals surface area (Å²) < 4.78 is 153. The van der Waals surface area contributed by atoms with Gasteiger partial charge in [0.05, 0.1) is 9.85 Å². The van der Waals surface area contributed by atoms with Crippen molar-refractivity contribution in [1.82, 2.24) is 19.2 Å². The number of rotatable bonds is 30. The average molecular weight is 1930 g/mol. The summed E-state index contributed by atoms with van der Waals surface area (Å²) in [5, 5.41) is 11.4. The number of halogens is 12. The third kappa shape index (κ3) is 29.5. The molecule has 2 aromatic heterocycles. The highest BCUT2D eigenvalue weighted by atomic mass is 79.9. The van der Waals surface area contributed by atoms with Crippen LogP contribution in [0.4, 0.5) is 35.1 Å². The van der Waals surface area contributed by atoms with E-state index in [0.29, 0.717) is 84.4 Å². The number of aromatic nitrogens is 2. The Labute approximate surface area is 770 Å². The van der Waals surface area contributed by atoms with E-state index in [1.54, 1.807) is 106 Å². The van der Waals surface area contributed by atoms with Crippen molar-refractivity contribution in [3.8, 4) is 34.5 Å². The largest absolute Gasteiger partial charge is 0.489 e. The topological polar surface area (TPSA) is 210 Å². The molecule has 2 aliphatic heterocycles. The SMILES string of the molecule is C=CCN1CNn2ccc(=O)c(OCc3ccccc3)c2C1=O.C=CCOc1ccccc1Br.C=CCOc1ccccc1C(Cl)c1ccc(F)c(F)c1.C=CCOc1ccccc1C(O)c1ccc(F)c(F)c1.C=CCOc1ccccc1C(c1ccc(F)c(F)c1)N1CN(CC=C)C(=O)c2c(OCc3ccccc3)c(=O)ccn21.O=Cc1ccc(F)c(F)c1.O=S(Cl)Cl. The van der Waals surface area contributed by atoms with Crippen LogP contribution in [0.1, 0.15) is 93.4 Å². The van der Waals surface area contributed by atoms with Gasteiger partial charge in [-0.25, -0.2) is 39.3 Å². The number of hydrogen-bond donors (Lipinski definition) is 2. The van der Waals surface area contributed by atoms with E-state index in [-0.39, 0.29) is 78.4 Å². The Morgan fingerprint density at radius 3 is 1.32 bits per heavy atom. The molecule has 10 aromatic carbocycles. The maximum atomic E-state index is 14.7. The number of pyridine rings is 2. The summed E-state index contributed by atoms with van der Waals surface area (Å²) >= 11 is 9.71. The Morgan fingerprint density at radius 1 is 0.438 bits per heavy atom. The number of carbonyl (C=O) groups excluding carboxylic acids is 3. The van der Waals surface area contributed by atoms with Crippen LogP contribution in [0.25, 0.3) is 0 Å². The third-order valence-electron chi connectivity index (χ3n) is 18.3. The molecule has 32 heteroatoms. The number of benzene rings is 10. The van der Waals surface area contributed by atoms with Gasteiger partial charge in [-0.05, 0) is 129 Å². The minimum atomic E-state index is -1.67. The first kappa shape index (κ1) is 102. The fourth-order valence-electron chi connectivity index (χ4n) is 12.3. The quantitative estimate of drug-likeness (QED) is 0.0141. The van der Waals surface area contributed by atoms with Crippen LogP contribution in [0.3, 0.4) is 0 Å². The molecular formula is C98H86BrCl3F8N6O13S. The molecule has 4 heterocycles. The van der Waals surface area contributed by atoms with Crippen LogP contribution in [0.2, 0.25) is 0 Å². The fraction of sp³-hybridized carbons (Fsp3) is 0.133. The molecule has 0 bridgehead atoms. The van der Waals surface area contributed by atoms with Gasteiger partial charge in [0.15, 0.2) is 69.4 Å². The summed E-state index contributed by atoms with van der Waals surface area (Å²) in [7, 11) is 7.36. The third-order valence-corrected chi connectivity index (χ3v) is 19.4. The summed E-state index contributed by atoms with van der Waals surface area (Å²) in [6, 6.07) is 63.2. The number of carbonyl (C=O) groups is 3. The van der Waals surface area contributed by atoms with Gasteiger partial charge in [0.1, 0.15) is 94.4 Å². The summed E-state index contributed by atoms with van der Waals surface area (Å²) in [5.74, 6) is -6.05. The van der Waals surface area contributed by atoms with Crippen LogP contribution in [-0.4, -0.2) is 99.4 Å². The molecule has 12 aromatic rings. The number of aliphatic hydroxyl groups excluding tert-OH is 1. The molecule has 0 fully saturated rings. The minimum Gasteiger partial charge on any atom is -0.489 e. The van der Waals surface area contributed by atoms with Crippen molar-refractivity contribution in [3.63, 3.8) is 0 Å². The van der Waals surface area contributed by atoms with E-state index in [2.05, 4.69) is 82.2 Å². The van der Waals surface area contributed by atoms with E-state index in [9.17, 15) is 64.2 Å². The zero-order chi connectivity index (χ0) is 94.2. The standard InChI is InChI=1S/C33H29F2N3O4.C17H17N3O3.C16H13ClF2O.C16H14F2O2.C9H9BrO.C7H4F2O.Cl2OS/c1-3-17-36-22-38(37-18-16-28(39)32(31(37)33(36)40)42-21-23-10-6-5-7-11-23)30(24-14-15-26(34)27(35)20-24)25-12-8-9-13-29(25)41-19-4-2;1-2-9-19-12-18-20-10-8-14(21)16(15(20)17(19)22)23-11-13-6-4-3-5-7-13;1-2-9-20-15-6-4-3-5-12(15)16(17)11-7-8-13(18)14(19)10-11;1-2-9-20-15-6-4-3-5-12(15)16(19)11-7-8-13(17)14(18)10-11;1-2-7-11-9-6-4-3-5-8(9)10;8-6-2-1-5(4-10)3-7(6)9;1-4(2)3/h3-16,18,20,30H,1-2,17,19,21-22H2;2-8,10,18H,1,9,11-12H2;2-8,10,16H,1,9H2;2-8,10,16,19H,1,9H2;2-6H,1,7H2;1-4H;. The Balaban J connectivity index is 0.000000204. The molecule has 3 unspecified atom stereocenters. The molecule has 14 rings (SSSR count). The second-order valence-corrected chi connectivity index (χ2v) is 30.9. The molecule has 0 radical (unpaired) electrons. The molecule has 0 spiro atoms. The smallest absolute Gasteiger partial charge is 0.278 e. The number of nitrogens with one attached hydrogen (secondary N) is 1. The molecule has 0 saturated carbocycles. The van der Waals surface area contributed by atoms with Gasteiger partial charge in [0.2, 0.25) is 20.1 Å². The first-order chi connectivity index (χ1) is 62.7. The van der Waals surface area contributed by atoms with Gasteiger partial charge in [-0.3, -0.25) is 38.3 Å². The molecule has 2 N–H and O–H groups in total. The number of aldehydes is 1. The van der Waals surface area contributed by atoms with Gasteiger partial charge in [0.25, 0.3) is 11.8 Å². The van der Waals surface area contributed by atoms with Crippen molar-refractivity contribution >= 4 is 76.2 Å². The lowest BCUT2D eigenvalue weighted by atomic mass is 9.96. The van der Waals surface area contributed by atoms with Crippen molar-refractivity contribution in [1.29, 1.82) is 0 Å². The fourth-order valence-corrected chi connectivity index (χ4v) is 13.0. The molecular weight excluding hydrogens is 1840 g/mol. The summed E-state index contributed by atoms with van der Waals surface area (Å²) in [5.41, 5.74) is 7.29. The summed E-state index contributed by atoms with van der Waals surface area (Å²) in [6.07, 6.45) is 12.1. The molecule has 676 valence electrons. The summed E-state index contributed by atoms with van der Waals surface area (Å²) in [4.78, 5) is 64.7. The molecule has 0 saturated heterocycles. The van der Waals surface area contributed by atoms with Gasteiger partial charge in [-0.2, -0.15) is 0 Å². The van der Waals surface area contributed by atoms with Crippen LogP contribution in [0.5, 0.6) is 34.5 Å². The number of hydrogen-bond acceptors (Lipinski definition) is 15. The molecule has 2 aliphatic rings. The zero-order valence-corrected chi connectivity index (χ0v) is 74.0. The van der Waals surface area contributed by atoms with Crippen LogP contribution in [0.15, 0.2) is 345 Å². The van der Waals surface area contributed by atoms with Gasteiger partial charge in [-0.15, -0.1) is 24.8 Å². The average Bonchev–Trinajstić information content (AvgIpc) is 0.739. The highest BCUT2D eigenvalue weighted by molar-refractivity contribution is 9.10. The van der Waals surface area contributed by atoms with Crippen LogP contribution < -0.4 is 49.7 Å². The monoisotopic (exact) mass is 1920 g/mol. The molecule has 3 atom stereocenters. The number of aliphatic hydroxyl groups is 1. The number of fused-ring (bicyclic) bond motifs is 2. The maximum Gasteiger partial charge on any atom is 0.278 e. The number of alkyl halides is 1. The number of nitrogens with zero attached hydrogens (tertiary/aromatic N) is 5. The van der Waals surface area contributed by atoms with E-state index < -0.39 is 84.6 Å². The van der Waals surface area contributed by atoms with Crippen molar-refractivity contribution in [2.24, 2.45) is 0 Å². The highest BCUT2D eigenvalue weighted by Gasteiger charge is 2.38. The number of amides is 2. The first-order valence-corrected chi connectivity index (χ1v) is 43.2. The van der Waals surface area contributed by atoms with E-state index >= 15 is 0 Å². The van der Waals surface area contributed by atoms with Crippen LogP contribution in [-0.2, 0) is 22.4 Å². The zero-order valence-electron chi connectivity index (χ0n) is 69.4. The molecule has 130 heavy (non-hydrogen) atoms. The Bertz CT molecular complexity index is 5920. The van der Waals surface area contributed by atoms with Gasteiger partial charge < -0.3 is 48.8 Å². The molecule has 2 amide bonds. The van der Waals surface area contributed by atoms with Crippen LogP contribution in [0, 0.1) is 46.5 Å². The molecule has 0 aliphatic carbocycles. The van der Waals surface area contributed by atoms with Crippen molar-refractivity contribution in [2.75, 3.05) is 63.3 Å². The van der Waals surface area contributed by atoms with Crippen molar-refractivity contribution < 1.29 is 87.2 Å². The second-order valence-electron chi connectivity index (χ2n) is 27.1. The van der Waals surface area contributed by atoms with E-state index in [0.717, 1.165) is 69.9 Å². The molecule has 19 nitrogen and oxygen atoms in total. The normalized spacial score (nSPS) is 12.1. The maximum absolute atomic E-state index is 14.7. The van der Waals surface area contributed by atoms with Crippen molar-refractivity contribution in [3.05, 3.63) is 464 Å². The first-order valence-electron chi connectivity index (χ1n) is 39.1. The predicted molar refractivity (Wildman–Crippen MR) is 493 cm³/mol. The number of ether oxygens (including phenoxy) is 6. The second kappa shape index (κ2) is 52.7. The predicted octanol–water partition coefficient (Wildman–Crippen LogP) is 21.5.